The van der Waals surface area contributed by atoms with Gasteiger partial charge in [0.05, 0.1) is 11.1 Å². The molecule has 0 aliphatic carbocycles. The number of carboxylic acids is 2. The fraction of sp³-hybridized carbons (Fsp3) is 0. The monoisotopic (exact) mass is 192 g/mol. The third-order valence-electron chi connectivity index (χ3n) is 1.75. The Hall–Kier alpha value is -2.10. The topological polar surface area (TPSA) is 74.6 Å². The molecule has 0 aliphatic heterocycles. The fourth-order valence-corrected chi connectivity index (χ4v) is 1.05. The number of hydrogen-bond acceptors (Lipinski definition) is 2. The van der Waals surface area contributed by atoms with Crippen LogP contribution in [0.3, 0.4) is 0 Å². The molecular formula is C10H8O4. The quantitative estimate of drug-likeness (QED) is 0.764. The molecule has 0 spiro atoms. The van der Waals surface area contributed by atoms with Gasteiger partial charge in [-0.3, -0.25) is 0 Å². The molecule has 0 radical (unpaired) electrons. The summed E-state index contributed by atoms with van der Waals surface area (Å²) in [6.07, 6.45) is 1.37. The number of carbonyl (C=O) groups is 2. The lowest BCUT2D eigenvalue weighted by atomic mass is 10.0. The Morgan fingerprint density at radius 2 is 1.86 bits per heavy atom. The second-order valence-corrected chi connectivity index (χ2v) is 2.62. The standard InChI is InChI=1S/C10H8O4/c1-2-6-3-4-7(9(11)12)5-8(6)10(13)14/h2-5H,1H2,(H,11,12)(H,13,14). The lowest BCUT2D eigenvalue weighted by molar-refractivity contribution is 0.0695. The Kier molecular flexibility index (Phi) is 2.67. The molecule has 1 rings (SSSR count). The number of rotatable bonds is 3. The number of hydrogen-bond donors (Lipinski definition) is 2. The van der Waals surface area contributed by atoms with Crippen LogP contribution in [0.5, 0.6) is 0 Å². The Morgan fingerprint density at radius 1 is 1.21 bits per heavy atom. The maximum absolute atomic E-state index is 10.7. The van der Waals surface area contributed by atoms with Crippen molar-refractivity contribution in [2.24, 2.45) is 0 Å². The Morgan fingerprint density at radius 3 is 2.29 bits per heavy atom. The largest absolute Gasteiger partial charge is 0.478 e. The van der Waals surface area contributed by atoms with Crippen LogP contribution >= 0.6 is 0 Å². The normalized spacial score (nSPS) is 9.43. The van der Waals surface area contributed by atoms with E-state index in [1.54, 1.807) is 0 Å². The molecule has 0 unspecified atom stereocenters. The van der Waals surface area contributed by atoms with Crippen LogP contribution < -0.4 is 0 Å². The molecule has 0 amide bonds. The van der Waals surface area contributed by atoms with Gasteiger partial charge < -0.3 is 10.2 Å². The van der Waals surface area contributed by atoms with Crippen molar-refractivity contribution in [1.82, 2.24) is 0 Å². The van der Waals surface area contributed by atoms with Crippen LogP contribution in [0.25, 0.3) is 6.08 Å². The zero-order valence-electron chi connectivity index (χ0n) is 7.23. The summed E-state index contributed by atoms with van der Waals surface area (Å²) in [5, 5.41) is 17.4. The summed E-state index contributed by atoms with van der Waals surface area (Å²) < 4.78 is 0. The van der Waals surface area contributed by atoms with E-state index in [0.29, 0.717) is 5.56 Å². The first-order valence-corrected chi connectivity index (χ1v) is 3.79. The van der Waals surface area contributed by atoms with Crippen LogP contribution in [0.1, 0.15) is 26.3 Å². The number of carboxylic acid groups (broad SMARTS) is 2. The molecule has 0 fully saturated rings. The minimum Gasteiger partial charge on any atom is -0.478 e. The molecule has 4 nitrogen and oxygen atoms in total. The average Bonchev–Trinajstić information content (AvgIpc) is 2.16. The van der Waals surface area contributed by atoms with Crippen molar-refractivity contribution < 1.29 is 19.8 Å². The zero-order chi connectivity index (χ0) is 10.7. The maximum atomic E-state index is 10.7. The van der Waals surface area contributed by atoms with Gasteiger partial charge in [-0.25, -0.2) is 9.59 Å². The van der Waals surface area contributed by atoms with Crippen LogP contribution in [0.2, 0.25) is 0 Å². The van der Waals surface area contributed by atoms with Crippen molar-refractivity contribution in [2.45, 2.75) is 0 Å². The minimum atomic E-state index is -1.16. The SMILES string of the molecule is C=Cc1ccc(C(=O)O)cc1C(=O)O. The molecular weight excluding hydrogens is 184 g/mol. The summed E-state index contributed by atoms with van der Waals surface area (Å²) in [6.45, 7) is 3.44. The fourth-order valence-electron chi connectivity index (χ4n) is 1.05. The zero-order valence-corrected chi connectivity index (χ0v) is 7.23. The second kappa shape index (κ2) is 3.74. The van der Waals surface area contributed by atoms with E-state index in [0.717, 1.165) is 6.07 Å². The molecule has 0 saturated carbocycles. The number of aromatic carboxylic acids is 2. The van der Waals surface area contributed by atoms with E-state index in [1.807, 2.05) is 0 Å². The molecule has 14 heavy (non-hydrogen) atoms. The lowest BCUT2D eigenvalue weighted by Crippen LogP contribution is -2.04. The lowest BCUT2D eigenvalue weighted by Gasteiger charge is -2.01. The molecule has 0 bridgehead atoms. The highest BCUT2D eigenvalue weighted by Crippen LogP contribution is 2.13. The first-order chi connectivity index (χ1) is 6.56. The maximum Gasteiger partial charge on any atom is 0.336 e. The molecule has 0 atom stereocenters. The molecule has 0 aliphatic rings. The summed E-state index contributed by atoms with van der Waals surface area (Å²) in [5.74, 6) is -2.31. The summed E-state index contributed by atoms with van der Waals surface area (Å²) in [7, 11) is 0. The van der Waals surface area contributed by atoms with Gasteiger partial charge in [0.2, 0.25) is 0 Å². The molecule has 72 valence electrons. The van der Waals surface area contributed by atoms with E-state index in [9.17, 15) is 9.59 Å². The molecule has 1 aromatic rings. The van der Waals surface area contributed by atoms with Crippen LogP contribution in [0.15, 0.2) is 24.8 Å². The molecule has 4 heteroatoms. The van der Waals surface area contributed by atoms with Gasteiger partial charge >= 0.3 is 11.9 Å². The van der Waals surface area contributed by atoms with E-state index in [4.69, 9.17) is 10.2 Å². The summed E-state index contributed by atoms with van der Waals surface area (Å²) in [4.78, 5) is 21.3. The van der Waals surface area contributed by atoms with Crippen LogP contribution in [-0.4, -0.2) is 22.2 Å². The molecule has 0 saturated heterocycles. The van der Waals surface area contributed by atoms with Gasteiger partial charge in [0.1, 0.15) is 0 Å². The van der Waals surface area contributed by atoms with Crippen molar-refractivity contribution in [3.8, 4) is 0 Å². The van der Waals surface area contributed by atoms with Gasteiger partial charge in [-0.05, 0) is 17.7 Å². The van der Waals surface area contributed by atoms with Gasteiger partial charge in [0, 0.05) is 0 Å². The third-order valence-corrected chi connectivity index (χ3v) is 1.75. The predicted molar refractivity (Wildman–Crippen MR) is 50.5 cm³/mol. The van der Waals surface area contributed by atoms with Crippen LogP contribution in [-0.2, 0) is 0 Å². The summed E-state index contributed by atoms with van der Waals surface area (Å²) in [6, 6.07) is 3.87. The van der Waals surface area contributed by atoms with E-state index in [-0.39, 0.29) is 11.1 Å². The van der Waals surface area contributed by atoms with Gasteiger partial charge in [0.15, 0.2) is 0 Å². The average molecular weight is 192 g/mol. The first-order valence-electron chi connectivity index (χ1n) is 3.79. The van der Waals surface area contributed by atoms with Crippen LogP contribution in [0.4, 0.5) is 0 Å². The molecule has 1 aromatic carbocycles. The molecule has 0 aromatic heterocycles. The highest BCUT2D eigenvalue weighted by atomic mass is 16.4. The number of benzene rings is 1. The van der Waals surface area contributed by atoms with Crippen molar-refractivity contribution in [3.63, 3.8) is 0 Å². The predicted octanol–water partition coefficient (Wildman–Crippen LogP) is 1.73. The van der Waals surface area contributed by atoms with Gasteiger partial charge in [-0.2, -0.15) is 0 Å². The molecule has 2 N–H and O–H groups in total. The van der Waals surface area contributed by atoms with E-state index < -0.39 is 11.9 Å². The van der Waals surface area contributed by atoms with E-state index >= 15 is 0 Å². The van der Waals surface area contributed by atoms with Crippen molar-refractivity contribution >= 4 is 18.0 Å². The Bertz CT molecular complexity index is 407. The van der Waals surface area contributed by atoms with Crippen molar-refractivity contribution in [3.05, 3.63) is 41.5 Å². The third kappa shape index (κ3) is 1.80. The minimum absolute atomic E-state index is 0.0481. The van der Waals surface area contributed by atoms with Gasteiger partial charge in [0.25, 0.3) is 0 Å². The Labute approximate surface area is 80.1 Å². The first kappa shape index (κ1) is 9.98. The van der Waals surface area contributed by atoms with Crippen molar-refractivity contribution in [1.29, 1.82) is 0 Å². The highest BCUT2D eigenvalue weighted by Gasteiger charge is 2.11. The van der Waals surface area contributed by atoms with Gasteiger partial charge in [-0.1, -0.05) is 18.7 Å². The van der Waals surface area contributed by atoms with E-state index in [2.05, 4.69) is 6.58 Å². The second-order valence-electron chi connectivity index (χ2n) is 2.62. The Balaban J connectivity index is 3.34. The summed E-state index contributed by atoms with van der Waals surface area (Å²) in [5.41, 5.74) is 0.301. The van der Waals surface area contributed by atoms with Crippen LogP contribution in [0, 0.1) is 0 Å². The van der Waals surface area contributed by atoms with Gasteiger partial charge in [-0.15, -0.1) is 0 Å². The molecule has 0 heterocycles. The smallest absolute Gasteiger partial charge is 0.336 e. The van der Waals surface area contributed by atoms with Crippen molar-refractivity contribution in [2.75, 3.05) is 0 Å². The summed E-state index contributed by atoms with van der Waals surface area (Å²) >= 11 is 0. The highest BCUT2D eigenvalue weighted by molar-refractivity contribution is 5.96. The van der Waals surface area contributed by atoms with E-state index in [1.165, 1.54) is 18.2 Å².